The molecule has 0 saturated carbocycles. The van der Waals surface area contributed by atoms with Crippen LogP contribution in [0.4, 0.5) is 0 Å². The highest BCUT2D eigenvalue weighted by Gasteiger charge is 2.42. The molecule has 29 heavy (non-hydrogen) atoms. The normalized spacial score (nSPS) is 22.7. The monoisotopic (exact) mass is 400 g/mol. The molecule has 4 rings (SSSR count). The molecule has 0 radical (unpaired) electrons. The summed E-state index contributed by atoms with van der Waals surface area (Å²) in [5, 5.41) is 7.00. The fourth-order valence-electron chi connectivity index (χ4n) is 4.50. The third kappa shape index (κ3) is 3.39. The Morgan fingerprint density at radius 3 is 2.79 bits per heavy atom. The maximum atomic E-state index is 13.1. The number of carbonyl (C=O) groups excluding carboxylic acids is 2. The Kier molecular flexibility index (Phi) is 4.85. The van der Waals surface area contributed by atoms with Gasteiger partial charge in [0.05, 0.1) is 13.2 Å². The first kappa shape index (κ1) is 19.2. The van der Waals surface area contributed by atoms with Crippen LogP contribution in [0.3, 0.4) is 0 Å². The van der Waals surface area contributed by atoms with E-state index in [4.69, 9.17) is 4.74 Å². The third-order valence-electron chi connectivity index (χ3n) is 5.74. The number of rotatable bonds is 4. The Morgan fingerprint density at radius 2 is 2.10 bits per heavy atom. The van der Waals surface area contributed by atoms with Gasteiger partial charge in [-0.1, -0.05) is 6.07 Å². The van der Waals surface area contributed by atoms with Crippen LogP contribution in [0.2, 0.25) is 0 Å². The zero-order chi connectivity index (χ0) is 20.7. The lowest BCUT2D eigenvalue weighted by Crippen LogP contribution is -2.53. The van der Waals surface area contributed by atoms with Crippen molar-refractivity contribution in [3.05, 3.63) is 40.1 Å². The summed E-state index contributed by atoms with van der Waals surface area (Å²) < 4.78 is 8.32. The molecule has 3 atom stereocenters. The lowest BCUT2D eigenvalue weighted by molar-refractivity contribution is -0.119. The van der Waals surface area contributed by atoms with Crippen molar-refractivity contribution in [1.29, 1.82) is 0 Å². The molecule has 154 valence electrons. The maximum absolute atomic E-state index is 13.1. The Labute approximate surface area is 167 Å². The van der Waals surface area contributed by atoms with Gasteiger partial charge in [0.1, 0.15) is 0 Å². The van der Waals surface area contributed by atoms with Crippen LogP contribution in [0, 0.1) is 5.92 Å². The number of carbonyl (C=O) groups is 2. The van der Waals surface area contributed by atoms with Crippen LogP contribution in [0.15, 0.2) is 23.0 Å². The molecule has 0 aromatic carbocycles. The van der Waals surface area contributed by atoms with Crippen molar-refractivity contribution in [2.75, 3.05) is 26.7 Å². The molecule has 1 N–H and O–H groups in total. The second-order valence-corrected chi connectivity index (χ2v) is 7.61. The second kappa shape index (κ2) is 7.34. The van der Waals surface area contributed by atoms with E-state index in [1.807, 2.05) is 6.07 Å². The van der Waals surface area contributed by atoms with E-state index >= 15 is 0 Å². The van der Waals surface area contributed by atoms with E-state index in [1.165, 1.54) is 24.8 Å². The number of methoxy groups -OCH3 is 1. The molecule has 2 aliphatic heterocycles. The molecule has 2 aliphatic rings. The fourth-order valence-corrected chi connectivity index (χ4v) is 4.50. The molecule has 0 spiro atoms. The number of piperidine rings is 1. The van der Waals surface area contributed by atoms with Gasteiger partial charge >= 0.3 is 6.01 Å². The van der Waals surface area contributed by atoms with Gasteiger partial charge in [-0.3, -0.25) is 14.4 Å². The zero-order valence-corrected chi connectivity index (χ0v) is 16.7. The van der Waals surface area contributed by atoms with E-state index in [-0.39, 0.29) is 47.1 Å². The Morgan fingerprint density at radius 1 is 1.31 bits per heavy atom. The lowest BCUT2D eigenvalue weighted by Gasteiger charge is -2.46. The molecule has 2 aromatic heterocycles. The first-order valence-electron chi connectivity index (χ1n) is 9.59. The van der Waals surface area contributed by atoms with Crippen molar-refractivity contribution in [3.63, 3.8) is 0 Å². The second-order valence-electron chi connectivity index (χ2n) is 7.61. The van der Waals surface area contributed by atoms with E-state index in [0.717, 1.165) is 12.1 Å². The van der Waals surface area contributed by atoms with Gasteiger partial charge in [0.15, 0.2) is 0 Å². The number of aryl methyl sites for hydroxylation is 1. The largest absolute Gasteiger partial charge is 0.467 e. The minimum absolute atomic E-state index is 0.0442. The molecule has 0 aliphatic carbocycles. The maximum Gasteiger partial charge on any atom is 0.314 e. The number of amides is 2. The fraction of sp³-hybridized carbons (Fsp3) is 0.526. The number of ether oxygens (including phenoxy) is 1. The van der Waals surface area contributed by atoms with Crippen LogP contribution in [0.5, 0.6) is 6.01 Å². The van der Waals surface area contributed by atoms with Crippen LogP contribution in [-0.2, 0) is 11.8 Å². The van der Waals surface area contributed by atoms with Crippen molar-refractivity contribution in [2.24, 2.45) is 13.0 Å². The van der Waals surface area contributed by atoms with Crippen LogP contribution in [0.25, 0.3) is 0 Å². The van der Waals surface area contributed by atoms with Crippen LogP contribution in [-0.4, -0.2) is 62.8 Å². The van der Waals surface area contributed by atoms with E-state index < -0.39 is 0 Å². The summed E-state index contributed by atoms with van der Waals surface area (Å²) in [6.07, 6.45) is 0.858. The van der Waals surface area contributed by atoms with E-state index in [1.54, 1.807) is 22.6 Å². The predicted octanol–water partition coefficient (Wildman–Crippen LogP) is -0.0779. The number of nitrogens with zero attached hydrogens (tertiary/aromatic N) is 5. The summed E-state index contributed by atoms with van der Waals surface area (Å²) in [6.45, 7) is 2.77. The average Bonchev–Trinajstić information content (AvgIpc) is 3.08. The standard InChI is InChI=1S/C19H24N6O4/c1-11(26)20-8-15-13-7-12(14-5-4-6-16(27)25(14)15)9-24(10-13)18(28)17-21-19(29-3)23(2)22-17/h4-6,12-13,15H,7-10H2,1-3H3,(H,20,26)/t12-,13+,15+/m1/s1. The van der Waals surface area contributed by atoms with Gasteiger partial charge in [0.2, 0.25) is 11.7 Å². The molecular formula is C19H24N6O4. The summed E-state index contributed by atoms with van der Waals surface area (Å²) >= 11 is 0. The van der Waals surface area contributed by atoms with Gasteiger partial charge in [0.25, 0.3) is 11.5 Å². The summed E-state index contributed by atoms with van der Waals surface area (Å²) in [4.78, 5) is 43.0. The molecule has 2 aromatic rings. The van der Waals surface area contributed by atoms with Gasteiger partial charge in [-0.05, 0) is 18.4 Å². The van der Waals surface area contributed by atoms with Gasteiger partial charge in [0, 0.05) is 51.3 Å². The van der Waals surface area contributed by atoms with Gasteiger partial charge in [-0.15, -0.1) is 5.10 Å². The van der Waals surface area contributed by atoms with Gasteiger partial charge in [-0.2, -0.15) is 4.98 Å². The van der Waals surface area contributed by atoms with Crippen molar-refractivity contribution in [2.45, 2.75) is 25.3 Å². The van der Waals surface area contributed by atoms with E-state index in [0.29, 0.717) is 19.6 Å². The lowest BCUT2D eigenvalue weighted by atomic mass is 9.78. The Balaban J connectivity index is 1.66. The number of pyridine rings is 1. The van der Waals surface area contributed by atoms with E-state index in [9.17, 15) is 14.4 Å². The number of nitrogens with one attached hydrogen (secondary N) is 1. The Hall–Kier alpha value is -3.17. The number of hydrogen-bond acceptors (Lipinski definition) is 6. The first-order chi connectivity index (χ1) is 13.9. The summed E-state index contributed by atoms with van der Waals surface area (Å²) in [5.74, 6) is -0.225. The summed E-state index contributed by atoms with van der Waals surface area (Å²) in [7, 11) is 3.14. The van der Waals surface area contributed by atoms with Crippen molar-refractivity contribution in [3.8, 4) is 6.01 Å². The van der Waals surface area contributed by atoms with Crippen LogP contribution in [0.1, 0.15) is 41.6 Å². The zero-order valence-electron chi connectivity index (χ0n) is 16.7. The number of likely N-dealkylation sites (tertiary alicyclic amines) is 1. The summed E-state index contributed by atoms with van der Waals surface area (Å²) in [5.41, 5.74) is 0.816. The third-order valence-corrected chi connectivity index (χ3v) is 5.74. The quantitative estimate of drug-likeness (QED) is 0.769. The Bertz CT molecular complexity index is 1010. The van der Waals surface area contributed by atoms with Gasteiger partial charge < -0.3 is 19.5 Å². The predicted molar refractivity (Wildman–Crippen MR) is 103 cm³/mol. The number of fused-ring (bicyclic) bond motifs is 4. The first-order valence-corrected chi connectivity index (χ1v) is 9.59. The van der Waals surface area contributed by atoms with Crippen molar-refractivity contribution < 1.29 is 14.3 Å². The van der Waals surface area contributed by atoms with Crippen molar-refractivity contribution in [1.82, 2.24) is 29.5 Å². The number of hydrogen-bond donors (Lipinski definition) is 1. The minimum atomic E-state index is -0.261. The van der Waals surface area contributed by atoms with Crippen LogP contribution >= 0.6 is 0 Å². The molecule has 2 amide bonds. The minimum Gasteiger partial charge on any atom is -0.467 e. The van der Waals surface area contributed by atoms with E-state index in [2.05, 4.69) is 15.4 Å². The number of aromatic nitrogens is 4. The smallest absolute Gasteiger partial charge is 0.314 e. The molecule has 10 heteroatoms. The van der Waals surface area contributed by atoms with Crippen LogP contribution < -0.4 is 15.6 Å². The average molecular weight is 400 g/mol. The molecule has 1 saturated heterocycles. The molecule has 4 heterocycles. The topological polar surface area (TPSA) is 111 Å². The van der Waals surface area contributed by atoms with Gasteiger partial charge in [-0.25, -0.2) is 4.68 Å². The summed E-state index contributed by atoms with van der Waals surface area (Å²) in [6, 6.07) is 5.28. The molecule has 10 nitrogen and oxygen atoms in total. The molecule has 2 bridgehead atoms. The van der Waals surface area contributed by atoms with Crippen molar-refractivity contribution >= 4 is 11.8 Å². The highest BCUT2D eigenvalue weighted by Crippen LogP contribution is 2.41. The highest BCUT2D eigenvalue weighted by atomic mass is 16.5. The highest BCUT2D eigenvalue weighted by molar-refractivity contribution is 5.90. The molecular weight excluding hydrogens is 376 g/mol. The molecule has 1 fully saturated rings. The SMILES string of the molecule is COc1nc(C(=O)N2C[C@H]3C[C@@H](C2)[C@H](CNC(C)=O)n2c3cccc2=O)nn1C. The molecule has 0 unspecified atom stereocenters.